The van der Waals surface area contributed by atoms with Crippen LogP contribution in [0.1, 0.15) is 85.0 Å². The van der Waals surface area contributed by atoms with Gasteiger partial charge in [0.2, 0.25) is 5.91 Å². The van der Waals surface area contributed by atoms with Gasteiger partial charge in [-0.1, -0.05) is 113 Å². The van der Waals surface area contributed by atoms with E-state index in [1.807, 2.05) is 48.5 Å². The van der Waals surface area contributed by atoms with Crippen LogP contribution in [0.4, 0.5) is 5.13 Å². The van der Waals surface area contributed by atoms with Crippen LogP contribution < -0.4 is 16.0 Å². The molecule has 3 amide bonds. The van der Waals surface area contributed by atoms with Crippen LogP contribution in [0.15, 0.2) is 84.2 Å². The third kappa shape index (κ3) is 7.91. The summed E-state index contributed by atoms with van der Waals surface area (Å²) in [4.78, 5) is 43.8. The molecule has 8 heteroatoms. The summed E-state index contributed by atoms with van der Waals surface area (Å²) >= 11 is 1.15. The van der Waals surface area contributed by atoms with E-state index in [9.17, 15) is 14.4 Å². The van der Waals surface area contributed by atoms with E-state index in [0.29, 0.717) is 22.8 Å². The van der Waals surface area contributed by atoms with Crippen LogP contribution in [0.3, 0.4) is 0 Å². The maximum atomic E-state index is 13.3. The SMILES string of the molecule is CCCCCNC(=O)[C@@H](NC(=O)c1csc(NC(=O)c2ccccc2-c2ccc(C(C)(C)C)cc2)n1)c1ccccc1. The third-order valence-electron chi connectivity index (χ3n) is 6.94. The molecular weight excluding hydrogens is 544 g/mol. The molecule has 7 nitrogen and oxygen atoms in total. The summed E-state index contributed by atoms with van der Waals surface area (Å²) in [5, 5.41) is 10.4. The first-order chi connectivity index (χ1) is 20.2. The number of benzene rings is 3. The normalized spacial score (nSPS) is 11.9. The third-order valence-corrected chi connectivity index (χ3v) is 7.70. The number of hydrogen-bond donors (Lipinski definition) is 3. The molecule has 1 aromatic heterocycles. The number of nitrogens with one attached hydrogen (secondary N) is 3. The van der Waals surface area contributed by atoms with Gasteiger partial charge in [-0.3, -0.25) is 19.7 Å². The Morgan fingerprint density at radius 1 is 0.857 bits per heavy atom. The van der Waals surface area contributed by atoms with Crippen LogP contribution in [0.25, 0.3) is 11.1 Å². The lowest BCUT2D eigenvalue weighted by Crippen LogP contribution is -2.40. The molecule has 218 valence electrons. The molecule has 0 saturated heterocycles. The number of thiazole rings is 1. The van der Waals surface area contributed by atoms with E-state index < -0.39 is 11.9 Å². The summed E-state index contributed by atoms with van der Waals surface area (Å²) in [6.45, 7) is 9.14. The topological polar surface area (TPSA) is 100 Å². The molecule has 0 fully saturated rings. The van der Waals surface area contributed by atoms with Crippen molar-refractivity contribution in [3.8, 4) is 11.1 Å². The standard InChI is InChI=1S/C34H38N4O3S/c1-5-6-12-21-35-32(41)29(24-13-8-7-9-14-24)37-31(40)28-22-42-33(36-28)38-30(39)27-16-11-10-15-26(27)23-17-19-25(20-18-23)34(2,3)4/h7-11,13-20,22,29H,5-6,12,21H2,1-4H3,(H,35,41)(H,37,40)(H,36,38,39)/t29-/m0/s1. The van der Waals surface area contributed by atoms with Gasteiger partial charge in [0.15, 0.2) is 5.13 Å². The van der Waals surface area contributed by atoms with Crippen molar-refractivity contribution in [2.45, 2.75) is 58.4 Å². The van der Waals surface area contributed by atoms with E-state index in [2.05, 4.69) is 60.8 Å². The second-order valence-corrected chi connectivity index (χ2v) is 12.0. The Morgan fingerprint density at radius 3 is 2.24 bits per heavy atom. The molecule has 0 aliphatic carbocycles. The number of amides is 3. The van der Waals surface area contributed by atoms with Gasteiger partial charge in [0.25, 0.3) is 11.8 Å². The van der Waals surface area contributed by atoms with Crippen molar-refractivity contribution in [1.29, 1.82) is 0 Å². The van der Waals surface area contributed by atoms with Crippen molar-refractivity contribution in [2.24, 2.45) is 0 Å². The van der Waals surface area contributed by atoms with E-state index in [0.717, 1.165) is 41.7 Å². The number of nitrogens with zero attached hydrogens (tertiary/aromatic N) is 1. The van der Waals surface area contributed by atoms with E-state index in [-0.39, 0.29) is 22.9 Å². The molecule has 1 heterocycles. The summed E-state index contributed by atoms with van der Waals surface area (Å²) in [5.74, 6) is -1.09. The van der Waals surface area contributed by atoms with Gasteiger partial charge < -0.3 is 10.6 Å². The van der Waals surface area contributed by atoms with Crippen LogP contribution in [0.2, 0.25) is 0 Å². The molecule has 0 spiro atoms. The average Bonchev–Trinajstić information content (AvgIpc) is 3.46. The Balaban J connectivity index is 1.46. The van der Waals surface area contributed by atoms with Gasteiger partial charge in [0, 0.05) is 17.5 Å². The Morgan fingerprint density at radius 2 is 1.55 bits per heavy atom. The maximum Gasteiger partial charge on any atom is 0.271 e. The average molecular weight is 583 g/mol. The number of aromatic nitrogens is 1. The highest BCUT2D eigenvalue weighted by molar-refractivity contribution is 7.14. The van der Waals surface area contributed by atoms with E-state index >= 15 is 0 Å². The van der Waals surface area contributed by atoms with E-state index in [1.54, 1.807) is 23.6 Å². The molecule has 0 aliphatic heterocycles. The lowest BCUT2D eigenvalue weighted by atomic mass is 9.86. The first-order valence-corrected chi connectivity index (χ1v) is 15.2. The number of anilines is 1. The highest BCUT2D eigenvalue weighted by Gasteiger charge is 2.25. The molecular formula is C34H38N4O3S. The summed E-state index contributed by atoms with van der Waals surface area (Å²) < 4.78 is 0. The zero-order valence-electron chi connectivity index (χ0n) is 24.6. The van der Waals surface area contributed by atoms with Crippen LogP contribution in [-0.4, -0.2) is 29.3 Å². The largest absolute Gasteiger partial charge is 0.354 e. The number of carbonyl (C=O) groups is 3. The summed E-state index contributed by atoms with van der Waals surface area (Å²) in [6.07, 6.45) is 2.94. The van der Waals surface area contributed by atoms with Crippen molar-refractivity contribution in [1.82, 2.24) is 15.6 Å². The maximum absolute atomic E-state index is 13.3. The van der Waals surface area contributed by atoms with Crippen molar-refractivity contribution in [3.05, 3.63) is 107 Å². The van der Waals surface area contributed by atoms with Crippen molar-refractivity contribution < 1.29 is 14.4 Å². The molecule has 0 radical (unpaired) electrons. The monoisotopic (exact) mass is 582 g/mol. The smallest absolute Gasteiger partial charge is 0.271 e. The van der Waals surface area contributed by atoms with Crippen LogP contribution in [0.5, 0.6) is 0 Å². The predicted molar refractivity (Wildman–Crippen MR) is 170 cm³/mol. The van der Waals surface area contributed by atoms with Gasteiger partial charge in [-0.2, -0.15) is 0 Å². The molecule has 1 atom stereocenters. The fraction of sp³-hybridized carbons (Fsp3) is 0.294. The Kier molecular flexibility index (Phi) is 10.3. The van der Waals surface area contributed by atoms with Crippen LogP contribution in [0, 0.1) is 0 Å². The Hall–Kier alpha value is -4.30. The van der Waals surface area contributed by atoms with Gasteiger partial charge in [0.1, 0.15) is 11.7 Å². The van der Waals surface area contributed by atoms with Crippen molar-refractivity contribution >= 4 is 34.2 Å². The minimum Gasteiger partial charge on any atom is -0.354 e. The van der Waals surface area contributed by atoms with Crippen LogP contribution in [-0.2, 0) is 10.2 Å². The van der Waals surface area contributed by atoms with Gasteiger partial charge in [-0.25, -0.2) is 4.98 Å². The lowest BCUT2D eigenvalue weighted by molar-refractivity contribution is -0.123. The molecule has 3 N–H and O–H groups in total. The van der Waals surface area contributed by atoms with E-state index in [1.165, 1.54) is 5.56 Å². The highest BCUT2D eigenvalue weighted by atomic mass is 32.1. The van der Waals surface area contributed by atoms with Crippen LogP contribution >= 0.6 is 11.3 Å². The highest BCUT2D eigenvalue weighted by Crippen LogP contribution is 2.29. The molecule has 42 heavy (non-hydrogen) atoms. The van der Waals surface area contributed by atoms with Gasteiger partial charge in [-0.15, -0.1) is 11.3 Å². The quantitative estimate of drug-likeness (QED) is 0.164. The predicted octanol–water partition coefficient (Wildman–Crippen LogP) is 7.14. The molecule has 0 saturated carbocycles. The minimum atomic E-state index is -0.864. The number of carbonyl (C=O) groups excluding carboxylic acids is 3. The second kappa shape index (κ2) is 14.0. The molecule has 0 unspecified atom stereocenters. The number of unbranched alkanes of at least 4 members (excludes halogenated alkanes) is 2. The first kappa shape index (κ1) is 30.7. The molecule has 4 rings (SSSR count). The summed E-state index contributed by atoms with van der Waals surface area (Å²) in [7, 11) is 0. The molecule has 0 aliphatic rings. The van der Waals surface area contributed by atoms with E-state index in [4.69, 9.17) is 0 Å². The zero-order valence-corrected chi connectivity index (χ0v) is 25.4. The Labute approximate surface area is 251 Å². The first-order valence-electron chi connectivity index (χ1n) is 14.3. The Bertz CT molecular complexity index is 1510. The van der Waals surface area contributed by atoms with Gasteiger partial charge >= 0.3 is 0 Å². The summed E-state index contributed by atoms with van der Waals surface area (Å²) in [5.41, 5.74) is 4.30. The molecule has 0 bridgehead atoms. The van der Waals surface area contributed by atoms with Crippen molar-refractivity contribution in [2.75, 3.05) is 11.9 Å². The number of rotatable bonds is 11. The second-order valence-electron chi connectivity index (χ2n) is 11.2. The molecule has 3 aromatic carbocycles. The minimum absolute atomic E-state index is 0.0316. The van der Waals surface area contributed by atoms with Gasteiger partial charge in [-0.05, 0) is 40.2 Å². The lowest BCUT2D eigenvalue weighted by Gasteiger charge is -2.19. The molecule has 4 aromatic rings. The summed E-state index contributed by atoms with van der Waals surface area (Å²) in [6, 6.07) is 23.9. The number of hydrogen-bond acceptors (Lipinski definition) is 5. The van der Waals surface area contributed by atoms with Gasteiger partial charge in [0.05, 0.1) is 0 Å². The van der Waals surface area contributed by atoms with Crippen molar-refractivity contribution in [3.63, 3.8) is 0 Å². The zero-order chi connectivity index (χ0) is 30.1. The fourth-order valence-corrected chi connectivity index (χ4v) is 5.21. The fourth-order valence-electron chi connectivity index (χ4n) is 4.52.